The average Bonchev–Trinajstić information content (AvgIpc) is 2.71. The molecular formula is C13H16BrNO4. The van der Waals surface area contributed by atoms with E-state index in [0.717, 1.165) is 0 Å². The lowest BCUT2D eigenvalue weighted by Gasteiger charge is -2.15. The fraction of sp³-hybridized carbons (Fsp3) is 0.385. The molecule has 0 radical (unpaired) electrons. The van der Waals surface area contributed by atoms with Crippen LogP contribution in [0.25, 0.3) is 6.08 Å². The second kappa shape index (κ2) is 7.13. The molecule has 0 saturated carbocycles. The van der Waals surface area contributed by atoms with Crippen LogP contribution in [0.2, 0.25) is 0 Å². The summed E-state index contributed by atoms with van der Waals surface area (Å²) in [5.74, 6) is -0.791. The number of carboxylic acid groups (broad SMARTS) is 1. The van der Waals surface area contributed by atoms with Gasteiger partial charge in [-0.3, -0.25) is 4.79 Å². The molecule has 104 valence electrons. The smallest absolute Gasteiger partial charge is 0.326 e. The predicted octanol–water partition coefficient (Wildman–Crippen LogP) is 2.67. The standard InChI is InChI=1S/C13H16BrNO4/c1-8(2)7-10(13(17)18)15-12(16)6-4-9-3-5-11(14)19-9/h3-6,8,10H,7H2,1-2H3,(H,15,16)(H,17,18)/t10-/m1/s1. The monoisotopic (exact) mass is 329 g/mol. The highest BCUT2D eigenvalue weighted by molar-refractivity contribution is 9.10. The van der Waals surface area contributed by atoms with Crippen LogP contribution < -0.4 is 5.32 Å². The lowest BCUT2D eigenvalue weighted by atomic mass is 10.0. The summed E-state index contributed by atoms with van der Waals surface area (Å²) in [6, 6.07) is 2.52. The average molecular weight is 330 g/mol. The van der Waals surface area contributed by atoms with Crippen molar-refractivity contribution < 1.29 is 19.1 Å². The van der Waals surface area contributed by atoms with E-state index < -0.39 is 17.9 Å². The van der Waals surface area contributed by atoms with Crippen LogP contribution in [0.1, 0.15) is 26.0 Å². The van der Waals surface area contributed by atoms with Crippen molar-refractivity contribution in [1.29, 1.82) is 0 Å². The first-order valence-corrected chi connectivity index (χ1v) is 6.64. The first kappa shape index (κ1) is 15.5. The molecular weight excluding hydrogens is 314 g/mol. The molecule has 1 atom stereocenters. The van der Waals surface area contributed by atoms with Gasteiger partial charge in [0.2, 0.25) is 5.91 Å². The molecule has 1 aromatic rings. The molecule has 19 heavy (non-hydrogen) atoms. The molecule has 6 heteroatoms. The molecule has 0 bridgehead atoms. The van der Waals surface area contributed by atoms with Crippen LogP contribution in [-0.2, 0) is 9.59 Å². The molecule has 1 amide bonds. The van der Waals surface area contributed by atoms with Gasteiger partial charge < -0.3 is 14.8 Å². The van der Waals surface area contributed by atoms with E-state index >= 15 is 0 Å². The molecule has 0 spiro atoms. The molecule has 0 unspecified atom stereocenters. The highest BCUT2D eigenvalue weighted by Crippen LogP contribution is 2.15. The third-order valence-electron chi connectivity index (χ3n) is 2.31. The Bertz CT molecular complexity index is 479. The van der Waals surface area contributed by atoms with Crippen molar-refractivity contribution in [2.75, 3.05) is 0 Å². The van der Waals surface area contributed by atoms with E-state index in [-0.39, 0.29) is 5.92 Å². The lowest BCUT2D eigenvalue weighted by molar-refractivity contribution is -0.141. The fourth-order valence-electron chi connectivity index (χ4n) is 1.49. The van der Waals surface area contributed by atoms with E-state index in [1.54, 1.807) is 12.1 Å². The SMILES string of the molecule is CC(C)C[C@@H](NC(=O)C=Cc1ccc(Br)o1)C(=O)O. The summed E-state index contributed by atoms with van der Waals surface area (Å²) >= 11 is 3.15. The van der Waals surface area contributed by atoms with Crippen molar-refractivity contribution >= 4 is 33.9 Å². The highest BCUT2D eigenvalue weighted by Gasteiger charge is 2.19. The van der Waals surface area contributed by atoms with Gasteiger partial charge >= 0.3 is 5.97 Å². The van der Waals surface area contributed by atoms with E-state index in [9.17, 15) is 9.59 Å². The molecule has 0 aliphatic carbocycles. The van der Waals surface area contributed by atoms with Crippen LogP contribution in [0.4, 0.5) is 0 Å². The van der Waals surface area contributed by atoms with Crippen LogP contribution >= 0.6 is 15.9 Å². The van der Waals surface area contributed by atoms with E-state index in [1.165, 1.54) is 12.2 Å². The maximum absolute atomic E-state index is 11.6. The zero-order chi connectivity index (χ0) is 14.4. The van der Waals surface area contributed by atoms with Crippen molar-refractivity contribution in [3.63, 3.8) is 0 Å². The summed E-state index contributed by atoms with van der Waals surface area (Å²) in [6.07, 6.45) is 3.12. The third-order valence-corrected chi connectivity index (χ3v) is 2.74. The van der Waals surface area contributed by atoms with E-state index in [0.29, 0.717) is 16.9 Å². The molecule has 1 heterocycles. The Hall–Kier alpha value is -1.56. The second-order valence-electron chi connectivity index (χ2n) is 4.50. The largest absolute Gasteiger partial charge is 0.480 e. The topological polar surface area (TPSA) is 79.5 Å². The van der Waals surface area contributed by atoms with Gasteiger partial charge in [-0.1, -0.05) is 13.8 Å². The Labute approximate surface area is 119 Å². The Morgan fingerprint density at radius 3 is 2.63 bits per heavy atom. The highest BCUT2D eigenvalue weighted by atomic mass is 79.9. The number of rotatable bonds is 6. The first-order valence-electron chi connectivity index (χ1n) is 5.85. The number of aliphatic carboxylic acids is 1. The number of hydrogen-bond donors (Lipinski definition) is 2. The van der Waals surface area contributed by atoms with Gasteiger partial charge in [0.05, 0.1) is 0 Å². The van der Waals surface area contributed by atoms with Crippen molar-refractivity contribution in [2.24, 2.45) is 5.92 Å². The Morgan fingerprint density at radius 1 is 1.47 bits per heavy atom. The van der Waals surface area contributed by atoms with Crippen molar-refractivity contribution in [1.82, 2.24) is 5.32 Å². The first-order chi connectivity index (χ1) is 8.88. The molecule has 0 aliphatic heterocycles. The zero-order valence-electron chi connectivity index (χ0n) is 10.7. The summed E-state index contributed by atoms with van der Waals surface area (Å²) in [5.41, 5.74) is 0. The number of furan rings is 1. The summed E-state index contributed by atoms with van der Waals surface area (Å²) in [7, 11) is 0. The van der Waals surface area contributed by atoms with Gasteiger partial charge in [0.25, 0.3) is 0 Å². The Morgan fingerprint density at radius 2 is 2.16 bits per heavy atom. The van der Waals surface area contributed by atoms with Crippen molar-refractivity contribution in [2.45, 2.75) is 26.3 Å². The van der Waals surface area contributed by atoms with Crippen LogP contribution in [0.5, 0.6) is 0 Å². The number of halogens is 1. The molecule has 2 N–H and O–H groups in total. The predicted molar refractivity (Wildman–Crippen MR) is 74.5 cm³/mol. The molecule has 0 aromatic carbocycles. The maximum Gasteiger partial charge on any atom is 0.326 e. The number of amides is 1. The van der Waals surface area contributed by atoms with Crippen LogP contribution in [0.15, 0.2) is 27.3 Å². The quantitative estimate of drug-likeness (QED) is 0.786. The number of nitrogens with one attached hydrogen (secondary N) is 1. The molecule has 0 aliphatic rings. The number of carbonyl (C=O) groups excluding carboxylic acids is 1. The molecule has 0 saturated heterocycles. The lowest BCUT2D eigenvalue weighted by Crippen LogP contribution is -2.40. The third kappa shape index (κ3) is 5.74. The van der Waals surface area contributed by atoms with Crippen molar-refractivity contribution in [3.05, 3.63) is 28.6 Å². The molecule has 1 aromatic heterocycles. The Balaban J connectivity index is 2.57. The van der Waals surface area contributed by atoms with Crippen LogP contribution in [0.3, 0.4) is 0 Å². The molecule has 0 fully saturated rings. The molecule has 5 nitrogen and oxygen atoms in total. The second-order valence-corrected chi connectivity index (χ2v) is 5.29. The van der Waals surface area contributed by atoms with Gasteiger partial charge in [-0.15, -0.1) is 0 Å². The zero-order valence-corrected chi connectivity index (χ0v) is 12.3. The summed E-state index contributed by atoms with van der Waals surface area (Å²) in [4.78, 5) is 22.6. The van der Waals surface area contributed by atoms with Crippen LogP contribution in [0, 0.1) is 5.92 Å². The van der Waals surface area contributed by atoms with E-state index in [1.807, 2.05) is 13.8 Å². The van der Waals surface area contributed by atoms with Gasteiger partial charge in [0, 0.05) is 6.08 Å². The summed E-state index contributed by atoms with van der Waals surface area (Å²) in [6.45, 7) is 3.80. The van der Waals surface area contributed by atoms with Crippen LogP contribution in [-0.4, -0.2) is 23.0 Å². The Kier molecular flexibility index (Phi) is 5.82. The number of carbonyl (C=O) groups is 2. The fourth-order valence-corrected chi connectivity index (χ4v) is 1.81. The number of hydrogen-bond acceptors (Lipinski definition) is 3. The normalized spacial score (nSPS) is 12.8. The van der Waals surface area contributed by atoms with E-state index in [4.69, 9.17) is 9.52 Å². The minimum Gasteiger partial charge on any atom is -0.480 e. The minimum absolute atomic E-state index is 0.186. The van der Waals surface area contributed by atoms with Gasteiger partial charge in [-0.25, -0.2) is 4.79 Å². The van der Waals surface area contributed by atoms with Gasteiger partial charge in [-0.05, 0) is 46.5 Å². The minimum atomic E-state index is -1.03. The van der Waals surface area contributed by atoms with E-state index in [2.05, 4.69) is 21.2 Å². The molecule has 1 rings (SSSR count). The van der Waals surface area contributed by atoms with Gasteiger partial charge in [0.15, 0.2) is 4.67 Å². The summed E-state index contributed by atoms with van der Waals surface area (Å²) in [5, 5.41) is 11.4. The number of carboxylic acids is 1. The summed E-state index contributed by atoms with van der Waals surface area (Å²) < 4.78 is 5.75. The van der Waals surface area contributed by atoms with Gasteiger partial charge in [0.1, 0.15) is 11.8 Å². The van der Waals surface area contributed by atoms with Crippen molar-refractivity contribution in [3.8, 4) is 0 Å². The van der Waals surface area contributed by atoms with Gasteiger partial charge in [-0.2, -0.15) is 0 Å². The maximum atomic E-state index is 11.6.